The number of hydrogen-bond acceptors (Lipinski definition) is 1. The van der Waals surface area contributed by atoms with Crippen LogP contribution in [0.5, 0.6) is 0 Å². The van der Waals surface area contributed by atoms with Crippen molar-refractivity contribution in [1.29, 1.82) is 0 Å². The number of carbonyl (C=O) groups is 1. The fraction of sp³-hybridized carbons (Fsp3) is 0.667. The van der Waals surface area contributed by atoms with E-state index in [0.717, 1.165) is 24.2 Å². The van der Waals surface area contributed by atoms with Crippen LogP contribution in [0.15, 0.2) is 24.3 Å². The molecule has 2 nitrogen and oxygen atoms in total. The van der Waals surface area contributed by atoms with Gasteiger partial charge in [-0.25, -0.2) is 4.79 Å². The molecule has 0 atom stereocenters. The number of hydrogen-bond donors (Lipinski definition) is 1. The fourth-order valence-electron chi connectivity index (χ4n) is 4.74. The summed E-state index contributed by atoms with van der Waals surface area (Å²) < 4.78 is 0. The van der Waals surface area contributed by atoms with Crippen LogP contribution < -0.4 is 0 Å². The van der Waals surface area contributed by atoms with Gasteiger partial charge in [0.2, 0.25) is 0 Å². The highest BCUT2D eigenvalue weighted by Crippen LogP contribution is 2.40. The van der Waals surface area contributed by atoms with Gasteiger partial charge in [0.05, 0.1) is 5.56 Å². The Bertz CT molecular complexity index is 491. The van der Waals surface area contributed by atoms with E-state index in [4.69, 9.17) is 5.11 Å². The Morgan fingerprint density at radius 1 is 0.870 bits per heavy atom. The second-order valence-corrected chi connectivity index (χ2v) is 7.72. The smallest absolute Gasteiger partial charge is 0.335 e. The van der Waals surface area contributed by atoms with Gasteiger partial charge >= 0.3 is 5.97 Å². The van der Waals surface area contributed by atoms with E-state index in [2.05, 4.69) is 0 Å². The Kier molecular flexibility index (Phi) is 5.75. The Morgan fingerprint density at radius 3 is 2.09 bits per heavy atom. The van der Waals surface area contributed by atoms with Crippen LogP contribution in [-0.2, 0) is 6.42 Å². The first-order valence-electron chi connectivity index (χ1n) is 9.54. The van der Waals surface area contributed by atoms with E-state index in [9.17, 15) is 4.79 Å². The molecule has 0 bridgehead atoms. The quantitative estimate of drug-likeness (QED) is 0.756. The number of aryl methyl sites for hydroxylation is 1. The van der Waals surface area contributed by atoms with Gasteiger partial charge in [-0.3, -0.25) is 0 Å². The highest BCUT2D eigenvalue weighted by Gasteiger charge is 2.28. The van der Waals surface area contributed by atoms with Crippen molar-refractivity contribution < 1.29 is 9.90 Å². The van der Waals surface area contributed by atoms with Crippen LogP contribution in [0.3, 0.4) is 0 Å². The first-order valence-corrected chi connectivity index (χ1v) is 9.54. The van der Waals surface area contributed by atoms with Crippen LogP contribution in [0, 0.1) is 17.8 Å². The van der Waals surface area contributed by atoms with E-state index in [0.29, 0.717) is 5.56 Å². The van der Waals surface area contributed by atoms with Crippen molar-refractivity contribution in [2.75, 3.05) is 0 Å². The van der Waals surface area contributed by atoms with E-state index in [1.165, 1.54) is 69.8 Å². The van der Waals surface area contributed by atoms with Gasteiger partial charge in [0.1, 0.15) is 0 Å². The minimum absolute atomic E-state index is 0.391. The van der Waals surface area contributed by atoms with Crippen molar-refractivity contribution in [3.8, 4) is 0 Å². The molecule has 0 radical (unpaired) electrons. The number of benzene rings is 1. The molecule has 2 aliphatic carbocycles. The molecule has 0 aromatic heterocycles. The van der Waals surface area contributed by atoms with Crippen molar-refractivity contribution in [2.45, 2.75) is 70.6 Å². The van der Waals surface area contributed by atoms with E-state index in [1.807, 2.05) is 12.1 Å². The van der Waals surface area contributed by atoms with Gasteiger partial charge in [-0.05, 0) is 61.1 Å². The molecule has 1 aromatic carbocycles. The third-order valence-corrected chi connectivity index (χ3v) is 6.25. The molecule has 23 heavy (non-hydrogen) atoms. The predicted octanol–water partition coefficient (Wildman–Crippen LogP) is 5.70. The molecule has 0 saturated heterocycles. The Morgan fingerprint density at radius 2 is 1.48 bits per heavy atom. The van der Waals surface area contributed by atoms with Gasteiger partial charge in [-0.1, -0.05) is 57.1 Å². The summed E-state index contributed by atoms with van der Waals surface area (Å²) in [5.74, 6) is 2.10. The second kappa shape index (κ2) is 7.99. The van der Waals surface area contributed by atoms with Gasteiger partial charge in [-0.2, -0.15) is 0 Å². The molecule has 2 heteroatoms. The monoisotopic (exact) mass is 314 g/mol. The highest BCUT2D eigenvalue weighted by molar-refractivity contribution is 5.87. The summed E-state index contributed by atoms with van der Waals surface area (Å²) in [6.07, 6.45) is 15.5. The van der Waals surface area contributed by atoms with Crippen molar-refractivity contribution in [3.05, 3.63) is 35.4 Å². The SMILES string of the molecule is O=C(O)c1ccc(CCC2CCC(C3CCCCC3)CC2)cc1. The summed E-state index contributed by atoms with van der Waals surface area (Å²) in [6.45, 7) is 0. The average Bonchev–Trinajstić information content (AvgIpc) is 2.61. The lowest BCUT2D eigenvalue weighted by molar-refractivity contribution is 0.0697. The Balaban J connectivity index is 1.41. The summed E-state index contributed by atoms with van der Waals surface area (Å²) >= 11 is 0. The van der Waals surface area contributed by atoms with Crippen molar-refractivity contribution in [1.82, 2.24) is 0 Å². The third-order valence-electron chi connectivity index (χ3n) is 6.25. The Labute approximate surface area is 140 Å². The number of carboxylic acid groups (broad SMARTS) is 1. The lowest BCUT2D eigenvalue weighted by Gasteiger charge is -2.36. The number of aromatic carboxylic acids is 1. The molecule has 0 unspecified atom stereocenters. The highest BCUT2D eigenvalue weighted by atomic mass is 16.4. The molecule has 0 heterocycles. The minimum atomic E-state index is -0.836. The van der Waals surface area contributed by atoms with Gasteiger partial charge in [0, 0.05) is 0 Å². The zero-order valence-corrected chi connectivity index (χ0v) is 14.2. The summed E-state index contributed by atoms with van der Waals surface area (Å²) in [7, 11) is 0. The van der Waals surface area contributed by atoms with E-state index in [-0.39, 0.29) is 0 Å². The number of carboxylic acids is 1. The molecule has 3 rings (SSSR count). The maximum atomic E-state index is 10.9. The van der Waals surface area contributed by atoms with Crippen LogP contribution in [0.25, 0.3) is 0 Å². The summed E-state index contributed by atoms with van der Waals surface area (Å²) in [6, 6.07) is 7.43. The lowest BCUT2D eigenvalue weighted by atomic mass is 9.70. The largest absolute Gasteiger partial charge is 0.478 e. The van der Waals surface area contributed by atoms with E-state index < -0.39 is 5.97 Å². The van der Waals surface area contributed by atoms with Crippen molar-refractivity contribution >= 4 is 5.97 Å². The molecule has 126 valence electrons. The standard InChI is InChI=1S/C21H30O2/c22-21(23)20-14-10-17(11-15-20)7-6-16-8-12-19(13-9-16)18-4-2-1-3-5-18/h10-11,14-16,18-19H,1-9,12-13H2,(H,22,23). The lowest BCUT2D eigenvalue weighted by Crippen LogP contribution is -2.23. The van der Waals surface area contributed by atoms with Crippen LogP contribution >= 0.6 is 0 Å². The molecule has 2 saturated carbocycles. The summed E-state index contributed by atoms with van der Waals surface area (Å²) in [4.78, 5) is 10.9. The van der Waals surface area contributed by atoms with Crippen molar-refractivity contribution in [2.24, 2.45) is 17.8 Å². The van der Waals surface area contributed by atoms with Crippen LogP contribution in [0.4, 0.5) is 0 Å². The number of rotatable bonds is 5. The molecule has 2 fully saturated rings. The summed E-state index contributed by atoms with van der Waals surface area (Å²) in [5.41, 5.74) is 1.67. The van der Waals surface area contributed by atoms with Gasteiger partial charge < -0.3 is 5.11 Å². The van der Waals surface area contributed by atoms with Gasteiger partial charge in [0.15, 0.2) is 0 Å². The average molecular weight is 314 g/mol. The molecular formula is C21H30O2. The van der Waals surface area contributed by atoms with Gasteiger partial charge in [0.25, 0.3) is 0 Å². The molecule has 0 spiro atoms. The molecule has 1 aromatic rings. The predicted molar refractivity (Wildman–Crippen MR) is 93.7 cm³/mol. The Hall–Kier alpha value is -1.31. The molecular weight excluding hydrogens is 284 g/mol. The van der Waals surface area contributed by atoms with Crippen LogP contribution in [0.1, 0.15) is 80.1 Å². The fourth-order valence-corrected chi connectivity index (χ4v) is 4.74. The topological polar surface area (TPSA) is 37.3 Å². The zero-order chi connectivity index (χ0) is 16.1. The van der Waals surface area contributed by atoms with Gasteiger partial charge in [-0.15, -0.1) is 0 Å². The maximum absolute atomic E-state index is 10.9. The molecule has 2 aliphatic rings. The summed E-state index contributed by atoms with van der Waals surface area (Å²) in [5, 5.41) is 8.94. The van der Waals surface area contributed by atoms with E-state index >= 15 is 0 Å². The van der Waals surface area contributed by atoms with Crippen molar-refractivity contribution in [3.63, 3.8) is 0 Å². The second-order valence-electron chi connectivity index (χ2n) is 7.72. The first-order chi connectivity index (χ1) is 11.2. The van der Waals surface area contributed by atoms with Crippen LogP contribution in [0.2, 0.25) is 0 Å². The first kappa shape index (κ1) is 16.5. The van der Waals surface area contributed by atoms with Crippen LogP contribution in [-0.4, -0.2) is 11.1 Å². The molecule has 0 aliphatic heterocycles. The normalized spacial score (nSPS) is 26.1. The molecule has 0 amide bonds. The minimum Gasteiger partial charge on any atom is -0.478 e. The zero-order valence-electron chi connectivity index (χ0n) is 14.2. The molecule has 1 N–H and O–H groups in total. The third kappa shape index (κ3) is 4.59. The van der Waals surface area contributed by atoms with E-state index in [1.54, 1.807) is 12.1 Å². The maximum Gasteiger partial charge on any atom is 0.335 e.